The molecule has 0 aliphatic heterocycles. The van der Waals surface area contributed by atoms with Gasteiger partial charge in [0.25, 0.3) is 5.91 Å². The van der Waals surface area contributed by atoms with E-state index in [2.05, 4.69) is 36.4 Å². The van der Waals surface area contributed by atoms with E-state index in [0.717, 1.165) is 17.0 Å². The van der Waals surface area contributed by atoms with Crippen molar-refractivity contribution in [2.24, 2.45) is 0 Å². The number of nitrogens with zero attached hydrogens (tertiary/aromatic N) is 2. The van der Waals surface area contributed by atoms with Crippen LogP contribution in [0.2, 0.25) is 0 Å². The summed E-state index contributed by atoms with van der Waals surface area (Å²) in [5, 5.41) is 12.3. The first-order valence-electron chi connectivity index (χ1n) is 7.53. The molecule has 5 nitrogen and oxygen atoms in total. The van der Waals surface area contributed by atoms with Crippen LogP contribution in [0.4, 0.5) is 5.13 Å². The van der Waals surface area contributed by atoms with E-state index in [1.165, 1.54) is 16.9 Å². The van der Waals surface area contributed by atoms with Crippen LogP contribution in [-0.4, -0.2) is 21.1 Å². The number of carbonyl (C=O) groups excluding carboxylic acids is 1. The maximum Gasteiger partial charge on any atom is 0.279 e. The van der Waals surface area contributed by atoms with Gasteiger partial charge in [-0.15, -0.1) is 11.3 Å². The van der Waals surface area contributed by atoms with Gasteiger partial charge < -0.3 is 0 Å². The standard InChI is InChI=1S/C17H17BrN4OS/c1-9(2)14-13(18)15(22-21-14)16(23)20-17-19-12(8-24-17)11-6-4-10(3)5-7-11/h4-9H,1-3H3,(H,21,22)(H,19,20,23). The molecule has 0 unspecified atom stereocenters. The fraction of sp³-hybridized carbons (Fsp3) is 0.235. The lowest BCUT2D eigenvalue weighted by atomic mass is 10.1. The maximum atomic E-state index is 12.4. The molecular formula is C17H17BrN4OS. The largest absolute Gasteiger partial charge is 0.296 e. The molecule has 0 aliphatic rings. The number of aryl methyl sites for hydroxylation is 1. The Balaban J connectivity index is 1.77. The number of hydrogen-bond acceptors (Lipinski definition) is 4. The van der Waals surface area contributed by atoms with Crippen LogP contribution in [0.5, 0.6) is 0 Å². The molecule has 1 aromatic carbocycles. The second kappa shape index (κ2) is 6.86. The number of thiazole rings is 1. The van der Waals surface area contributed by atoms with E-state index in [0.29, 0.717) is 15.3 Å². The van der Waals surface area contributed by atoms with E-state index in [4.69, 9.17) is 0 Å². The van der Waals surface area contributed by atoms with Crippen LogP contribution >= 0.6 is 27.3 Å². The lowest BCUT2D eigenvalue weighted by Crippen LogP contribution is -2.12. The first-order valence-corrected chi connectivity index (χ1v) is 9.20. The van der Waals surface area contributed by atoms with Gasteiger partial charge in [-0.3, -0.25) is 15.2 Å². The van der Waals surface area contributed by atoms with Crippen LogP contribution in [0.1, 0.15) is 41.5 Å². The molecule has 124 valence electrons. The normalized spacial score (nSPS) is 11.0. The number of anilines is 1. The van der Waals surface area contributed by atoms with Gasteiger partial charge in [0, 0.05) is 10.9 Å². The Kier molecular flexibility index (Phi) is 4.82. The summed E-state index contributed by atoms with van der Waals surface area (Å²) in [6.45, 7) is 6.12. The van der Waals surface area contributed by atoms with Crippen molar-refractivity contribution >= 4 is 38.3 Å². The molecule has 0 saturated carbocycles. The van der Waals surface area contributed by atoms with Gasteiger partial charge in [-0.1, -0.05) is 43.7 Å². The number of aromatic nitrogens is 3. The highest BCUT2D eigenvalue weighted by molar-refractivity contribution is 9.10. The topological polar surface area (TPSA) is 70.7 Å². The van der Waals surface area contributed by atoms with Crippen LogP contribution in [-0.2, 0) is 0 Å². The van der Waals surface area contributed by atoms with Crippen molar-refractivity contribution < 1.29 is 4.79 Å². The highest BCUT2D eigenvalue weighted by atomic mass is 79.9. The van der Waals surface area contributed by atoms with Crippen LogP contribution in [0, 0.1) is 6.92 Å². The third-order valence-electron chi connectivity index (χ3n) is 3.60. The Morgan fingerprint density at radius 1 is 1.29 bits per heavy atom. The summed E-state index contributed by atoms with van der Waals surface area (Å²) in [6.07, 6.45) is 0. The Labute approximate surface area is 152 Å². The van der Waals surface area contributed by atoms with Gasteiger partial charge in [-0.05, 0) is 28.8 Å². The maximum absolute atomic E-state index is 12.4. The fourth-order valence-electron chi connectivity index (χ4n) is 2.22. The van der Waals surface area contributed by atoms with Crippen LogP contribution in [0.15, 0.2) is 34.1 Å². The summed E-state index contributed by atoms with van der Waals surface area (Å²) in [5.74, 6) is -0.0312. The van der Waals surface area contributed by atoms with E-state index < -0.39 is 0 Å². The van der Waals surface area contributed by atoms with E-state index in [1.807, 2.05) is 50.4 Å². The monoisotopic (exact) mass is 404 g/mol. The van der Waals surface area contributed by atoms with Crippen LogP contribution in [0.3, 0.4) is 0 Å². The number of amides is 1. The lowest BCUT2D eigenvalue weighted by Gasteiger charge is -2.02. The number of aromatic amines is 1. The minimum Gasteiger partial charge on any atom is -0.296 e. The Hall–Kier alpha value is -1.99. The molecule has 24 heavy (non-hydrogen) atoms. The molecule has 0 spiro atoms. The third kappa shape index (κ3) is 3.42. The zero-order valence-corrected chi connectivity index (χ0v) is 16.0. The van der Waals surface area contributed by atoms with Crippen molar-refractivity contribution in [3.8, 4) is 11.3 Å². The Bertz CT molecular complexity index is 867. The van der Waals surface area contributed by atoms with Gasteiger partial charge in [0.2, 0.25) is 0 Å². The summed E-state index contributed by atoms with van der Waals surface area (Å²) < 4.78 is 0.699. The highest BCUT2D eigenvalue weighted by Crippen LogP contribution is 2.28. The third-order valence-corrected chi connectivity index (χ3v) is 5.16. The number of nitrogens with one attached hydrogen (secondary N) is 2. The molecule has 3 aromatic rings. The van der Waals surface area contributed by atoms with Gasteiger partial charge in [-0.25, -0.2) is 4.98 Å². The molecule has 2 aromatic heterocycles. The summed E-state index contributed by atoms with van der Waals surface area (Å²) in [5.41, 5.74) is 4.32. The molecule has 0 aliphatic carbocycles. The average Bonchev–Trinajstić information content (AvgIpc) is 3.14. The zero-order chi connectivity index (χ0) is 17.3. The number of benzene rings is 1. The molecule has 0 radical (unpaired) electrons. The van der Waals surface area contributed by atoms with Gasteiger partial charge in [0.15, 0.2) is 10.8 Å². The molecule has 0 bridgehead atoms. The highest BCUT2D eigenvalue weighted by Gasteiger charge is 2.20. The van der Waals surface area contributed by atoms with Crippen molar-refractivity contribution in [3.05, 3.63) is 51.1 Å². The number of rotatable bonds is 4. The predicted octanol–water partition coefficient (Wildman–Crippen LogP) is 4.98. The smallest absolute Gasteiger partial charge is 0.279 e. The van der Waals surface area contributed by atoms with E-state index in [1.54, 1.807) is 0 Å². The number of carbonyl (C=O) groups is 1. The Morgan fingerprint density at radius 3 is 2.62 bits per heavy atom. The first kappa shape index (κ1) is 16.9. The summed E-state index contributed by atoms with van der Waals surface area (Å²) >= 11 is 4.84. The minimum absolute atomic E-state index is 0.251. The fourth-order valence-corrected chi connectivity index (χ4v) is 3.75. The SMILES string of the molecule is Cc1ccc(-c2csc(NC(=O)c3n[nH]c(C(C)C)c3Br)n2)cc1. The van der Waals surface area contributed by atoms with Gasteiger partial charge >= 0.3 is 0 Å². The van der Waals surface area contributed by atoms with Crippen molar-refractivity contribution in [2.45, 2.75) is 26.7 Å². The quantitative estimate of drug-likeness (QED) is 0.643. The molecule has 0 atom stereocenters. The van der Waals surface area contributed by atoms with Crippen molar-refractivity contribution in [3.63, 3.8) is 0 Å². The van der Waals surface area contributed by atoms with E-state index in [-0.39, 0.29) is 11.8 Å². The number of H-pyrrole nitrogens is 1. The van der Waals surface area contributed by atoms with Crippen molar-refractivity contribution in [1.29, 1.82) is 0 Å². The Morgan fingerprint density at radius 2 is 2.00 bits per heavy atom. The average molecular weight is 405 g/mol. The van der Waals surface area contributed by atoms with Crippen molar-refractivity contribution in [2.75, 3.05) is 5.32 Å². The first-order chi connectivity index (χ1) is 11.5. The molecule has 0 saturated heterocycles. The number of halogens is 1. The van der Waals surface area contributed by atoms with Crippen molar-refractivity contribution in [1.82, 2.24) is 15.2 Å². The van der Waals surface area contributed by atoms with Gasteiger partial charge in [0.05, 0.1) is 15.9 Å². The molecule has 2 N–H and O–H groups in total. The second-order valence-corrected chi connectivity index (χ2v) is 7.46. The summed E-state index contributed by atoms with van der Waals surface area (Å²) in [4.78, 5) is 16.9. The molecule has 3 rings (SSSR count). The molecule has 7 heteroatoms. The van der Waals surface area contributed by atoms with Gasteiger partial charge in [-0.2, -0.15) is 5.10 Å². The molecular weight excluding hydrogens is 388 g/mol. The lowest BCUT2D eigenvalue weighted by molar-refractivity contribution is 0.102. The predicted molar refractivity (Wildman–Crippen MR) is 101 cm³/mol. The molecule has 2 heterocycles. The second-order valence-electron chi connectivity index (χ2n) is 5.81. The van der Waals surface area contributed by atoms with Crippen LogP contribution in [0.25, 0.3) is 11.3 Å². The molecule has 0 fully saturated rings. The van der Waals surface area contributed by atoms with Gasteiger partial charge in [0.1, 0.15) is 0 Å². The summed E-state index contributed by atoms with van der Waals surface area (Å²) in [6, 6.07) is 8.13. The number of hydrogen-bond donors (Lipinski definition) is 2. The van der Waals surface area contributed by atoms with Crippen LogP contribution < -0.4 is 5.32 Å². The summed E-state index contributed by atoms with van der Waals surface area (Å²) in [7, 11) is 0. The zero-order valence-electron chi connectivity index (χ0n) is 13.6. The van der Waals surface area contributed by atoms with E-state index >= 15 is 0 Å². The minimum atomic E-state index is -0.283. The van der Waals surface area contributed by atoms with E-state index in [9.17, 15) is 4.79 Å². The molecule has 1 amide bonds.